The topological polar surface area (TPSA) is 64.3 Å². The number of hydrogen-bond acceptors (Lipinski definition) is 3. The Morgan fingerprint density at radius 2 is 2.38 bits per heavy atom. The molecule has 1 fully saturated rings. The average molecular weight is 220 g/mol. The molecule has 0 bridgehead atoms. The molecule has 4 nitrogen and oxygen atoms in total. The highest BCUT2D eigenvalue weighted by atomic mass is 16.5. The van der Waals surface area contributed by atoms with E-state index in [-0.39, 0.29) is 11.8 Å². The third-order valence-electron chi connectivity index (χ3n) is 2.77. The molecule has 1 aliphatic heterocycles. The van der Waals surface area contributed by atoms with Gasteiger partial charge in [-0.2, -0.15) is 0 Å². The van der Waals surface area contributed by atoms with Gasteiger partial charge >= 0.3 is 0 Å². The fourth-order valence-electron chi connectivity index (χ4n) is 1.75. The molecule has 4 heteroatoms. The van der Waals surface area contributed by atoms with E-state index in [9.17, 15) is 4.79 Å². The maximum atomic E-state index is 11.8. The monoisotopic (exact) mass is 220 g/mol. The number of carbonyl (C=O) groups excluding carboxylic acids is 1. The Morgan fingerprint density at radius 3 is 3.06 bits per heavy atom. The maximum Gasteiger partial charge on any atom is 0.229 e. The molecule has 1 aliphatic rings. The van der Waals surface area contributed by atoms with Gasteiger partial charge in [0.05, 0.1) is 23.9 Å². The van der Waals surface area contributed by atoms with Crippen molar-refractivity contribution in [1.82, 2.24) is 0 Å². The molecule has 0 spiro atoms. The molecule has 2 rings (SSSR count). The molecule has 1 amide bonds. The molecule has 1 aromatic carbocycles. The van der Waals surface area contributed by atoms with Gasteiger partial charge in [-0.15, -0.1) is 0 Å². The Labute approximate surface area is 94.8 Å². The van der Waals surface area contributed by atoms with Crippen molar-refractivity contribution in [2.24, 2.45) is 5.92 Å². The predicted octanol–water partition coefficient (Wildman–Crippen LogP) is 1.55. The number of hydrogen-bond donors (Lipinski definition) is 2. The first-order valence-corrected chi connectivity index (χ1v) is 5.41. The summed E-state index contributed by atoms with van der Waals surface area (Å²) in [5, 5.41) is 2.85. The summed E-state index contributed by atoms with van der Waals surface area (Å²) in [6.45, 7) is 3.15. The minimum absolute atomic E-state index is 0.00481. The first-order valence-electron chi connectivity index (χ1n) is 5.41. The summed E-state index contributed by atoms with van der Waals surface area (Å²) in [7, 11) is 0. The first-order chi connectivity index (χ1) is 7.66. The molecular weight excluding hydrogens is 204 g/mol. The molecule has 1 heterocycles. The zero-order valence-electron chi connectivity index (χ0n) is 9.32. The smallest absolute Gasteiger partial charge is 0.229 e. The lowest BCUT2D eigenvalue weighted by Crippen LogP contribution is -2.23. The van der Waals surface area contributed by atoms with Crippen molar-refractivity contribution < 1.29 is 9.53 Å². The van der Waals surface area contributed by atoms with Crippen LogP contribution < -0.4 is 11.1 Å². The number of amides is 1. The predicted molar refractivity (Wildman–Crippen MR) is 63.1 cm³/mol. The van der Waals surface area contributed by atoms with E-state index in [0.717, 1.165) is 12.0 Å². The van der Waals surface area contributed by atoms with Gasteiger partial charge in [0, 0.05) is 6.61 Å². The summed E-state index contributed by atoms with van der Waals surface area (Å²) in [5.41, 5.74) is 8.15. The lowest BCUT2D eigenvalue weighted by Gasteiger charge is -2.11. The van der Waals surface area contributed by atoms with Crippen molar-refractivity contribution >= 4 is 17.3 Å². The Morgan fingerprint density at radius 1 is 1.56 bits per heavy atom. The van der Waals surface area contributed by atoms with Gasteiger partial charge in [0.1, 0.15) is 0 Å². The van der Waals surface area contributed by atoms with Gasteiger partial charge in [-0.1, -0.05) is 6.07 Å². The Kier molecular flexibility index (Phi) is 3.10. The normalized spacial score (nSPS) is 19.7. The van der Waals surface area contributed by atoms with Crippen LogP contribution in [0.15, 0.2) is 18.2 Å². The van der Waals surface area contributed by atoms with Gasteiger partial charge < -0.3 is 15.8 Å². The molecule has 1 saturated heterocycles. The molecule has 86 valence electrons. The fraction of sp³-hybridized carbons (Fsp3) is 0.417. The highest BCUT2D eigenvalue weighted by Gasteiger charge is 2.23. The number of benzene rings is 1. The highest BCUT2D eigenvalue weighted by molar-refractivity contribution is 5.95. The van der Waals surface area contributed by atoms with E-state index in [1.54, 1.807) is 6.07 Å². The van der Waals surface area contributed by atoms with Crippen LogP contribution in [-0.2, 0) is 9.53 Å². The molecular formula is C12H16N2O2. The second kappa shape index (κ2) is 4.53. The zero-order chi connectivity index (χ0) is 11.5. The molecule has 3 N–H and O–H groups in total. The lowest BCUT2D eigenvalue weighted by atomic mass is 10.1. The van der Waals surface area contributed by atoms with Gasteiger partial charge in [0.15, 0.2) is 0 Å². The van der Waals surface area contributed by atoms with E-state index in [2.05, 4.69) is 5.32 Å². The van der Waals surface area contributed by atoms with Crippen molar-refractivity contribution in [3.63, 3.8) is 0 Å². The van der Waals surface area contributed by atoms with Gasteiger partial charge in [0.2, 0.25) is 5.91 Å². The van der Waals surface area contributed by atoms with E-state index < -0.39 is 0 Å². The van der Waals surface area contributed by atoms with Crippen molar-refractivity contribution in [3.05, 3.63) is 23.8 Å². The van der Waals surface area contributed by atoms with E-state index >= 15 is 0 Å². The van der Waals surface area contributed by atoms with Crippen LogP contribution >= 0.6 is 0 Å². The van der Waals surface area contributed by atoms with E-state index in [0.29, 0.717) is 24.6 Å². The van der Waals surface area contributed by atoms with Crippen LogP contribution in [0.1, 0.15) is 12.0 Å². The molecule has 0 saturated carbocycles. The summed E-state index contributed by atoms with van der Waals surface area (Å²) in [6, 6.07) is 5.60. The van der Waals surface area contributed by atoms with Crippen LogP contribution in [0.25, 0.3) is 0 Å². The molecule has 1 unspecified atom stereocenters. The number of nitrogen functional groups attached to an aromatic ring is 1. The number of aryl methyl sites for hydroxylation is 1. The molecule has 0 aliphatic carbocycles. The third kappa shape index (κ3) is 2.33. The van der Waals surface area contributed by atoms with Crippen LogP contribution in [0, 0.1) is 12.8 Å². The molecule has 1 aromatic rings. The van der Waals surface area contributed by atoms with Crippen LogP contribution in [0.4, 0.5) is 11.4 Å². The zero-order valence-corrected chi connectivity index (χ0v) is 9.32. The molecule has 0 aromatic heterocycles. The van der Waals surface area contributed by atoms with Gasteiger partial charge in [-0.25, -0.2) is 0 Å². The Bertz CT molecular complexity index is 398. The second-order valence-electron chi connectivity index (χ2n) is 4.14. The van der Waals surface area contributed by atoms with Gasteiger partial charge in [0.25, 0.3) is 0 Å². The fourth-order valence-corrected chi connectivity index (χ4v) is 1.75. The summed E-state index contributed by atoms with van der Waals surface area (Å²) in [6.07, 6.45) is 0.789. The van der Waals surface area contributed by atoms with E-state index in [4.69, 9.17) is 10.5 Å². The van der Waals surface area contributed by atoms with Crippen LogP contribution in [0.3, 0.4) is 0 Å². The first kappa shape index (κ1) is 11.0. The number of nitrogens with two attached hydrogens (primary N) is 1. The second-order valence-corrected chi connectivity index (χ2v) is 4.14. The summed E-state index contributed by atoms with van der Waals surface area (Å²) in [4.78, 5) is 11.8. The molecule has 0 radical (unpaired) electrons. The van der Waals surface area contributed by atoms with Crippen LogP contribution in [0.5, 0.6) is 0 Å². The number of anilines is 2. The van der Waals surface area contributed by atoms with Crippen molar-refractivity contribution in [2.75, 3.05) is 24.3 Å². The third-order valence-corrected chi connectivity index (χ3v) is 2.77. The average Bonchev–Trinajstić information content (AvgIpc) is 2.76. The van der Waals surface area contributed by atoms with Gasteiger partial charge in [-0.05, 0) is 31.0 Å². The standard InChI is InChI=1S/C12H16N2O2/c1-8-2-3-10(13)11(6-8)14-12(15)9-4-5-16-7-9/h2-3,6,9H,4-5,7,13H2,1H3,(H,14,15). The molecule has 1 atom stereocenters. The number of carbonyl (C=O) groups is 1. The van der Waals surface area contributed by atoms with E-state index in [1.807, 2.05) is 19.1 Å². The number of ether oxygens (including phenoxy) is 1. The van der Waals surface area contributed by atoms with E-state index in [1.165, 1.54) is 0 Å². The minimum Gasteiger partial charge on any atom is -0.397 e. The number of nitrogens with one attached hydrogen (secondary N) is 1. The summed E-state index contributed by atoms with van der Waals surface area (Å²) < 4.78 is 5.18. The van der Waals surface area contributed by atoms with Crippen LogP contribution in [-0.4, -0.2) is 19.1 Å². The maximum absolute atomic E-state index is 11.8. The lowest BCUT2D eigenvalue weighted by molar-refractivity contribution is -0.119. The largest absolute Gasteiger partial charge is 0.397 e. The van der Waals surface area contributed by atoms with Crippen LogP contribution in [0.2, 0.25) is 0 Å². The SMILES string of the molecule is Cc1ccc(N)c(NC(=O)C2CCOC2)c1. The highest BCUT2D eigenvalue weighted by Crippen LogP contribution is 2.22. The Hall–Kier alpha value is -1.55. The number of rotatable bonds is 2. The van der Waals surface area contributed by atoms with Gasteiger partial charge in [-0.3, -0.25) is 4.79 Å². The molecule has 16 heavy (non-hydrogen) atoms. The van der Waals surface area contributed by atoms with Crippen molar-refractivity contribution in [3.8, 4) is 0 Å². The summed E-state index contributed by atoms with van der Waals surface area (Å²) >= 11 is 0. The quantitative estimate of drug-likeness (QED) is 0.743. The van der Waals surface area contributed by atoms with Crippen molar-refractivity contribution in [2.45, 2.75) is 13.3 Å². The summed E-state index contributed by atoms with van der Waals surface area (Å²) in [5.74, 6) is -0.0466. The van der Waals surface area contributed by atoms with Crippen molar-refractivity contribution in [1.29, 1.82) is 0 Å². The minimum atomic E-state index is -0.0417. The Balaban J connectivity index is 2.07.